The Kier molecular flexibility index (Phi) is 4.72. The van der Waals surface area contributed by atoms with E-state index in [4.69, 9.17) is 5.14 Å². The molecule has 0 saturated heterocycles. The Bertz CT molecular complexity index is 707. The van der Waals surface area contributed by atoms with Gasteiger partial charge < -0.3 is 0 Å². The Hall–Kier alpha value is -0.960. The SMILES string of the molecule is CC(NS(=O)(=O)C1CCCC1)c1cccc(S(N)(=O)=O)c1. The minimum Gasteiger partial charge on any atom is -0.225 e. The number of nitrogens with two attached hydrogens (primary N) is 1. The van der Waals surface area contributed by atoms with Gasteiger partial charge in [0, 0.05) is 6.04 Å². The van der Waals surface area contributed by atoms with Gasteiger partial charge in [-0.15, -0.1) is 0 Å². The highest BCUT2D eigenvalue weighted by molar-refractivity contribution is 7.90. The van der Waals surface area contributed by atoms with Crippen LogP contribution in [0.5, 0.6) is 0 Å². The van der Waals surface area contributed by atoms with E-state index in [1.165, 1.54) is 12.1 Å². The van der Waals surface area contributed by atoms with Crippen LogP contribution >= 0.6 is 0 Å². The highest BCUT2D eigenvalue weighted by Crippen LogP contribution is 2.26. The second-order valence-electron chi connectivity index (χ2n) is 5.41. The minimum atomic E-state index is -3.80. The van der Waals surface area contributed by atoms with E-state index >= 15 is 0 Å². The smallest absolute Gasteiger partial charge is 0.225 e. The quantitative estimate of drug-likeness (QED) is 0.846. The molecule has 0 heterocycles. The lowest BCUT2D eigenvalue weighted by Gasteiger charge is -2.18. The van der Waals surface area contributed by atoms with Gasteiger partial charge in [0.05, 0.1) is 10.1 Å². The molecule has 1 fully saturated rings. The number of rotatable bonds is 5. The van der Waals surface area contributed by atoms with Crippen LogP contribution in [0.4, 0.5) is 0 Å². The number of hydrogen-bond donors (Lipinski definition) is 2. The molecule has 3 N–H and O–H groups in total. The predicted octanol–water partition coefficient (Wildman–Crippen LogP) is 1.26. The molecule has 1 aliphatic carbocycles. The van der Waals surface area contributed by atoms with Crippen molar-refractivity contribution in [3.8, 4) is 0 Å². The first-order valence-electron chi connectivity index (χ1n) is 6.84. The molecule has 1 aromatic carbocycles. The molecule has 0 bridgehead atoms. The molecular formula is C13H20N2O4S2. The third-order valence-corrected chi connectivity index (χ3v) is 6.71. The van der Waals surface area contributed by atoms with Crippen LogP contribution in [0.3, 0.4) is 0 Å². The highest BCUT2D eigenvalue weighted by Gasteiger charge is 2.30. The van der Waals surface area contributed by atoms with Gasteiger partial charge in [0.1, 0.15) is 0 Å². The number of primary sulfonamides is 1. The van der Waals surface area contributed by atoms with Gasteiger partial charge >= 0.3 is 0 Å². The Morgan fingerprint density at radius 3 is 2.38 bits per heavy atom. The summed E-state index contributed by atoms with van der Waals surface area (Å²) in [5.74, 6) is 0. The lowest BCUT2D eigenvalue weighted by Crippen LogP contribution is -2.34. The molecular weight excluding hydrogens is 312 g/mol. The van der Waals surface area contributed by atoms with E-state index < -0.39 is 26.1 Å². The first-order chi connectivity index (χ1) is 9.70. The van der Waals surface area contributed by atoms with Crippen molar-refractivity contribution in [3.63, 3.8) is 0 Å². The lowest BCUT2D eigenvalue weighted by atomic mass is 10.1. The van der Waals surface area contributed by atoms with Crippen molar-refractivity contribution >= 4 is 20.0 Å². The van der Waals surface area contributed by atoms with Crippen LogP contribution in [0.15, 0.2) is 29.2 Å². The lowest BCUT2D eigenvalue weighted by molar-refractivity contribution is 0.550. The van der Waals surface area contributed by atoms with Gasteiger partial charge in [-0.05, 0) is 37.5 Å². The maximum atomic E-state index is 12.2. The normalized spacial score (nSPS) is 18.8. The van der Waals surface area contributed by atoms with Gasteiger partial charge in [-0.2, -0.15) is 0 Å². The van der Waals surface area contributed by atoms with E-state index in [0.717, 1.165) is 12.8 Å². The van der Waals surface area contributed by atoms with E-state index in [9.17, 15) is 16.8 Å². The van der Waals surface area contributed by atoms with Gasteiger partial charge in [-0.1, -0.05) is 25.0 Å². The average Bonchev–Trinajstić information content (AvgIpc) is 2.92. The largest absolute Gasteiger partial charge is 0.238 e. The summed E-state index contributed by atoms with van der Waals surface area (Å²) in [5, 5.41) is 4.74. The van der Waals surface area contributed by atoms with E-state index in [1.807, 2.05) is 0 Å². The van der Waals surface area contributed by atoms with E-state index in [0.29, 0.717) is 18.4 Å². The standard InChI is InChI=1S/C13H20N2O4S2/c1-10(15-21(18,19)12-6-2-3-7-12)11-5-4-8-13(9-11)20(14,16)17/h4-5,8-10,12,15H,2-3,6-7H2,1H3,(H2,14,16,17). The average molecular weight is 332 g/mol. The molecule has 2 rings (SSSR count). The third kappa shape index (κ3) is 4.03. The summed E-state index contributed by atoms with van der Waals surface area (Å²) >= 11 is 0. The molecule has 8 heteroatoms. The minimum absolute atomic E-state index is 0.0214. The second kappa shape index (κ2) is 6.04. The summed E-state index contributed by atoms with van der Waals surface area (Å²) in [6.45, 7) is 1.69. The van der Waals surface area contributed by atoms with Crippen molar-refractivity contribution in [2.75, 3.05) is 0 Å². The number of nitrogens with one attached hydrogen (secondary N) is 1. The fraction of sp³-hybridized carbons (Fsp3) is 0.538. The van der Waals surface area contributed by atoms with Gasteiger partial charge in [-0.3, -0.25) is 0 Å². The van der Waals surface area contributed by atoms with Crippen LogP contribution in [0.25, 0.3) is 0 Å². The van der Waals surface area contributed by atoms with E-state index in [1.54, 1.807) is 19.1 Å². The summed E-state index contributed by atoms with van der Waals surface area (Å²) in [6.07, 6.45) is 3.22. The third-order valence-electron chi connectivity index (χ3n) is 3.77. The first kappa shape index (κ1) is 16.4. The topological polar surface area (TPSA) is 106 Å². The van der Waals surface area contributed by atoms with Crippen molar-refractivity contribution in [2.45, 2.75) is 48.8 Å². The zero-order valence-corrected chi connectivity index (χ0v) is 13.5. The molecule has 1 unspecified atom stereocenters. The molecule has 0 aliphatic heterocycles. The molecule has 6 nitrogen and oxygen atoms in total. The molecule has 0 radical (unpaired) electrons. The van der Waals surface area contributed by atoms with Crippen LogP contribution in [0, 0.1) is 0 Å². The van der Waals surface area contributed by atoms with Crippen LogP contribution in [-0.4, -0.2) is 22.1 Å². The Balaban J connectivity index is 2.19. The molecule has 1 aromatic rings. The summed E-state index contributed by atoms with van der Waals surface area (Å²) in [7, 11) is -7.18. The summed E-state index contributed by atoms with van der Waals surface area (Å²) in [4.78, 5) is -0.0214. The van der Waals surface area contributed by atoms with Gasteiger partial charge in [-0.25, -0.2) is 26.7 Å². The van der Waals surface area contributed by atoms with Crippen LogP contribution in [-0.2, 0) is 20.0 Å². The zero-order chi connectivity index (χ0) is 15.7. The fourth-order valence-electron chi connectivity index (χ4n) is 2.57. The van der Waals surface area contributed by atoms with Crippen molar-refractivity contribution in [1.82, 2.24) is 4.72 Å². The Morgan fingerprint density at radius 1 is 1.19 bits per heavy atom. The summed E-state index contributed by atoms with van der Waals surface area (Å²) < 4.78 is 49.8. The van der Waals surface area contributed by atoms with E-state index in [-0.39, 0.29) is 10.1 Å². The number of hydrogen-bond acceptors (Lipinski definition) is 4. The van der Waals surface area contributed by atoms with Crippen LogP contribution in [0.2, 0.25) is 0 Å². The first-order valence-corrected chi connectivity index (χ1v) is 9.93. The van der Waals surface area contributed by atoms with Crippen molar-refractivity contribution in [2.24, 2.45) is 5.14 Å². The molecule has 118 valence electrons. The van der Waals surface area contributed by atoms with Gasteiger partial charge in [0.25, 0.3) is 0 Å². The van der Waals surface area contributed by atoms with Crippen molar-refractivity contribution in [1.29, 1.82) is 0 Å². The van der Waals surface area contributed by atoms with Gasteiger partial charge in [0.2, 0.25) is 20.0 Å². The maximum Gasteiger partial charge on any atom is 0.238 e. The van der Waals surface area contributed by atoms with Crippen LogP contribution in [0.1, 0.15) is 44.2 Å². The summed E-state index contributed by atoms with van der Waals surface area (Å²) in [5.41, 5.74) is 0.572. The molecule has 21 heavy (non-hydrogen) atoms. The maximum absolute atomic E-state index is 12.2. The summed E-state index contributed by atoms with van der Waals surface area (Å²) in [6, 6.07) is 5.51. The van der Waals surface area contributed by atoms with Gasteiger partial charge in [0.15, 0.2) is 0 Å². The Morgan fingerprint density at radius 2 is 1.81 bits per heavy atom. The molecule has 0 aromatic heterocycles. The fourth-order valence-corrected chi connectivity index (χ4v) is 4.91. The van der Waals surface area contributed by atoms with Crippen molar-refractivity contribution in [3.05, 3.63) is 29.8 Å². The molecule has 0 spiro atoms. The van der Waals surface area contributed by atoms with Crippen molar-refractivity contribution < 1.29 is 16.8 Å². The zero-order valence-electron chi connectivity index (χ0n) is 11.8. The molecule has 0 amide bonds. The molecule has 1 aliphatic rings. The van der Waals surface area contributed by atoms with Crippen LogP contribution < -0.4 is 9.86 Å². The predicted molar refractivity (Wildman–Crippen MR) is 80.5 cm³/mol. The number of sulfonamides is 2. The second-order valence-corrected chi connectivity index (χ2v) is 8.96. The monoisotopic (exact) mass is 332 g/mol. The number of benzene rings is 1. The highest BCUT2D eigenvalue weighted by atomic mass is 32.2. The molecule has 1 atom stereocenters. The Labute approximate surface area is 125 Å². The van der Waals surface area contributed by atoms with E-state index in [2.05, 4.69) is 4.72 Å². The molecule has 1 saturated carbocycles.